The highest BCUT2D eigenvalue weighted by Crippen LogP contribution is 2.15. The Morgan fingerprint density at radius 3 is 1.88 bits per heavy atom. The van der Waals surface area contributed by atoms with E-state index >= 15 is 0 Å². The molecule has 0 atom stereocenters. The lowest BCUT2D eigenvalue weighted by Crippen LogP contribution is -2.43. The van der Waals surface area contributed by atoms with Gasteiger partial charge in [0.1, 0.15) is 0 Å². The number of hydrogen-bond acceptors (Lipinski definition) is 2. The molecular formula is C12H16N4+2. The molecule has 0 unspecified atom stereocenters. The Morgan fingerprint density at radius 1 is 0.875 bits per heavy atom. The molecule has 4 N–H and O–H groups in total. The monoisotopic (exact) mass is 216 g/mol. The molecule has 2 aromatic rings. The van der Waals surface area contributed by atoms with Crippen molar-refractivity contribution in [2.75, 3.05) is 12.4 Å². The van der Waals surface area contributed by atoms with E-state index in [2.05, 4.69) is 16.7 Å². The predicted molar refractivity (Wildman–Crippen MR) is 61.5 cm³/mol. The number of aromatic nitrogens is 2. The summed E-state index contributed by atoms with van der Waals surface area (Å²) in [6.45, 7) is 1.50. The molecule has 0 aliphatic carbocycles. The maximum atomic E-state index is 5.57. The van der Waals surface area contributed by atoms with Crippen molar-refractivity contribution in [1.29, 1.82) is 0 Å². The van der Waals surface area contributed by atoms with Gasteiger partial charge in [0.15, 0.2) is 31.3 Å². The maximum absolute atomic E-state index is 5.57. The van der Waals surface area contributed by atoms with Crippen molar-refractivity contribution >= 4 is 0 Å². The van der Waals surface area contributed by atoms with Crippen LogP contribution in [-0.2, 0) is 6.54 Å². The average Bonchev–Trinajstić information content (AvgIpc) is 2.32. The van der Waals surface area contributed by atoms with Crippen LogP contribution in [0, 0.1) is 0 Å². The standard InChI is InChI=1S/C12H15N4/c13-5-10-15-6-1-11(2-7-15)12-3-8-16(14)9-4-12/h1-4,6-9,14H,5,10,13H2/q+1/p+1. The number of nitrogens with zero attached hydrogens (tertiary/aromatic N) is 2. The first-order valence-electron chi connectivity index (χ1n) is 5.25. The first-order chi connectivity index (χ1) is 7.79. The fraction of sp³-hybridized carbons (Fsp3) is 0.167. The van der Waals surface area contributed by atoms with E-state index in [0.29, 0.717) is 6.54 Å². The SMILES string of the molecule is NCC[n+]1ccc(-c2cc[n+](N)cc2)cc1. The van der Waals surface area contributed by atoms with Gasteiger partial charge in [-0.25, -0.2) is 10.4 Å². The largest absolute Gasteiger partial charge is 0.325 e. The molecule has 0 aromatic carbocycles. The van der Waals surface area contributed by atoms with Crippen LogP contribution in [0.4, 0.5) is 0 Å². The number of rotatable bonds is 3. The molecule has 2 aromatic heterocycles. The van der Waals surface area contributed by atoms with Gasteiger partial charge in [0, 0.05) is 24.3 Å². The lowest BCUT2D eigenvalue weighted by molar-refractivity contribution is -0.694. The zero-order chi connectivity index (χ0) is 11.4. The average molecular weight is 216 g/mol. The van der Waals surface area contributed by atoms with Crippen LogP contribution >= 0.6 is 0 Å². The molecule has 0 amide bonds. The second-order valence-electron chi connectivity index (χ2n) is 3.65. The van der Waals surface area contributed by atoms with Crippen LogP contribution in [0.2, 0.25) is 0 Å². The summed E-state index contributed by atoms with van der Waals surface area (Å²) < 4.78 is 3.59. The minimum absolute atomic E-state index is 0.655. The first-order valence-corrected chi connectivity index (χ1v) is 5.25. The lowest BCUT2D eigenvalue weighted by Gasteiger charge is -1.99. The van der Waals surface area contributed by atoms with E-state index in [4.69, 9.17) is 11.6 Å². The Bertz CT molecular complexity index is 447. The Hall–Kier alpha value is -1.94. The molecule has 0 saturated carbocycles. The van der Waals surface area contributed by atoms with Crippen LogP contribution in [0.5, 0.6) is 0 Å². The second kappa shape index (κ2) is 4.72. The molecule has 0 spiro atoms. The quantitative estimate of drug-likeness (QED) is 0.542. The van der Waals surface area contributed by atoms with Gasteiger partial charge < -0.3 is 5.73 Å². The molecule has 16 heavy (non-hydrogen) atoms. The van der Waals surface area contributed by atoms with Gasteiger partial charge in [-0.3, -0.25) is 0 Å². The van der Waals surface area contributed by atoms with E-state index in [1.54, 1.807) is 0 Å². The number of nitrogen functional groups attached to an aromatic ring is 1. The topological polar surface area (TPSA) is 59.8 Å². The van der Waals surface area contributed by atoms with Gasteiger partial charge >= 0.3 is 0 Å². The summed E-state index contributed by atoms with van der Waals surface area (Å²) in [6, 6.07) is 8.13. The molecule has 0 radical (unpaired) electrons. The molecule has 0 bridgehead atoms. The summed E-state index contributed by atoms with van der Waals surface area (Å²) in [6.07, 6.45) is 7.73. The summed E-state index contributed by atoms with van der Waals surface area (Å²) in [7, 11) is 0. The lowest BCUT2D eigenvalue weighted by atomic mass is 10.1. The van der Waals surface area contributed by atoms with Crippen molar-refractivity contribution in [3.8, 4) is 11.1 Å². The summed E-state index contributed by atoms with van der Waals surface area (Å²) >= 11 is 0. The molecular weight excluding hydrogens is 200 g/mol. The van der Waals surface area contributed by atoms with Crippen LogP contribution in [0.15, 0.2) is 49.1 Å². The molecule has 0 aliphatic heterocycles. The second-order valence-corrected chi connectivity index (χ2v) is 3.65. The number of pyridine rings is 2. The van der Waals surface area contributed by atoms with Crippen molar-refractivity contribution in [2.45, 2.75) is 6.54 Å². The highest BCUT2D eigenvalue weighted by atomic mass is 15.3. The maximum Gasteiger partial charge on any atom is 0.199 e. The summed E-state index contributed by atoms with van der Waals surface area (Å²) in [5.74, 6) is 5.57. The van der Waals surface area contributed by atoms with Crippen molar-refractivity contribution in [2.24, 2.45) is 5.73 Å². The van der Waals surface area contributed by atoms with Crippen LogP contribution in [0.1, 0.15) is 0 Å². The minimum atomic E-state index is 0.655. The zero-order valence-electron chi connectivity index (χ0n) is 9.08. The number of nitrogens with two attached hydrogens (primary N) is 2. The van der Waals surface area contributed by atoms with Crippen molar-refractivity contribution in [3.63, 3.8) is 0 Å². The van der Waals surface area contributed by atoms with Gasteiger partial charge in [-0.2, -0.15) is 0 Å². The molecule has 0 aliphatic rings. The van der Waals surface area contributed by atoms with Gasteiger partial charge in [-0.1, -0.05) is 4.68 Å². The van der Waals surface area contributed by atoms with Crippen LogP contribution in [0.25, 0.3) is 11.1 Å². The van der Waals surface area contributed by atoms with Gasteiger partial charge in [-0.15, -0.1) is 0 Å². The van der Waals surface area contributed by atoms with Crippen molar-refractivity contribution in [1.82, 2.24) is 0 Å². The summed E-state index contributed by atoms with van der Waals surface area (Å²) in [5, 5.41) is 0. The molecule has 4 nitrogen and oxygen atoms in total. The van der Waals surface area contributed by atoms with E-state index in [0.717, 1.165) is 12.1 Å². The molecule has 2 heterocycles. The Balaban J connectivity index is 2.24. The van der Waals surface area contributed by atoms with E-state index in [1.807, 2.05) is 36.9 Å². The third-order valence-electron chi connectivity index (χ3n) is 2.46. The van der Waals surface area contributed by atoms with E-state index in [1.165, 1.54) is 10.2 Å². The van der Waals surface area contributed by atoms with Gasteiger partial charge in [0.05, 0.1) is 6.54 Å². The molecule has 82 valence electrons. The molecule has 4 heteroatoms. The smallest absolute Gasteiger partial charge is 0.199 e. The highest BCUT2D eigenvalue weighted by molar-refractivity contribution is 5.60. The van der Waals surface area contributed by atoms with Crippen molar-refractivity contribution < 1.29 is 9.24 Å². The molecule has 0 fully saturated rings. The van der Waals surface area contributed by atoms with E-state index < -0.39 is 0 Å². The fourth-order valence-corrected chi connectivity index (χ4v) is 1.58. The highest BCUT2D eigenvalue weighted by Gasteiger charge is 2.03. The normalized spacial score (nSPS) is 10.3. The van der Waals surface area contributed by atoms with Crippen molar-refractivity contribution in [3.05, 3.63) is 49.1 Å². The minimum Gasteiger partial charge on any atom is -0.325 e. The van der Waals surface area contributed by atoms with E-state index in [9.17, 15) is 0 Å². The van der Waals surface area contributed by atoms with E-state index in [-0.39, 0.29) is 0 Å². The van der Waals surface area contributed by atoms with Gasteiger partial charge in [-0.05, 0) is 11.1 Å². The fourth-order valence-electron chi connectivity index (χ4n) is 1.58. The Kier molecular flexibility index (Phi) is 3.12. The van der Waals surface area contributed by atoms with Gasteiger partial charge in [0.25, 0.3) is 0 Å². The third kappa shape index (κ3) is 2.35. The third-order valence-corrected chi connectivity index (χ3v) is 2.46. The molecule has 2 rings (SSSR count). The summed E-state index contributed by atoms with van der Waals surface area (Å²) in [5.41, 5.74) is 7.82. The first kappa shape index (κ1) is 10.6. The zero-order valence-corrected chi connectivity index (χ0v) is 9.08. The van der Waals surface area contributed by atoms with Crippen LogP contribution < -0.4 is 20.8 Å². The molecule has 0 saturated heterocycles. The van der Waals surface area contributed by atoms with Crippen LogP contribution in [0.3, 0.4) is 0 Å². The Morgan fingerprint density at radius 2 is 1.38 bits per heavy atom. The Labute approximate surface area is 94.7 Å². The summed E-state index contributed by atoms with van der Waals surface area (Å²) in [4.78, 5) is 0. The number of hydrogen-bond donors (Lipinski definition) is 2. The van der Waals surface area contributed by atoms with Crippen LogP contribution in [-0.4, -0.2) is 6.54 Å². The predicted octanol–water partition coefficient (Wildman–Crippen LogP) is -0.399. The van der Waals surface area contributed by atoms with Gasteiger partial charge in [0.2, 0.25) is 0 Å².